The van der Waals surface area contributed by atoms with Gasteiger partial charge in [-0.1, -0.05) is 11.6 Å². The molecule has 19 heavy (non-hydrogen) atoms. The van der Waals surface area contributed by atoms with Gasteiger partial charge in [-0.3, -0.25) is 4.79 Å². The van der Waals surface area contributed by atoms with Gasteiger partial charge < -0.3 is 9.64 Å². The number of halogens is 1. The Hall–Kier alpha value is -1.62. The number of carbonyl (C=O) groups is 2. The number of hydrogen-bond acceptors (Lipinski definition) is 4. The minimum atomic E-state index is -0.502. The third-order valence-corrected chi connectivity index (χ3v) is 3.42. The fraction of sp³-hybridized carbons (Fsp3) is 0.462. The van der Waals surface area contributed by atoms with Crippen molar-refractivity contribution < 1.29 is 14.3 Å². The summed E-state index contributed by atoms with van der Waals surface area (Å²) in [5.41, 5.74) is 0.441. The number of amides is 1. The van der Waals surface area contributed by atoms with Crippen molar-refractivity contribution >= 4 is 23.5 Å². The molecule has 1 aliphatic heterocycles. The molecule has 0 unspecified atom stereocenters. The summed E-state index contributed by atoms with van der Waals surface area (Å²) in [4.78, 5) is 29.5. The fourth-order valence-corrected chi connectivity index (χ4v) is 2.43. The Labute approximate surface area is 116 Å². The molecule has 5 nitrogen and oxygen atoms in total. The van der Waals surface area contributed by atoms with Crippen molar-refractivity contribution in [1.82, 2.24) is 9.88 Å². The summed E-state index contributed by atoms with van der Waals surface area (Å²) in [5.74, 6) is -0.576. The van der Waals surface area contributed by atoms with Gasteiger partial charge in [0, 0.05) is 18.3 Å². The topological polar surface area (TPSA) is 59.5 Å². The van der Waals surface area contributed by atoms with Gasteiger partial charge in [-0.2, -0.15) is 0 Å². The van der Waals surface area contributed by atoms with E-state index in [4.69, 9.17) is 16.3 Å². The zero-order chi connectivity index (χ0) is 13.8. The van der Waals surface area contributed by atoms with E-state index in [0.29, 0.717) is 18.5 Å². The van der Waals surface area contributed by atoms with Crippen LogP contribution in [0.4, 0.5) is 0 Å². The molecule has 0 radical (unpaired) electrons. The highest BCUT2D eigenvalue weighted by Gasteiger charge is 2.33. The van der Waals surface area contributed by atoms with Gasteiger partial charge in [0.1, 0.15) is 11.2 Å². The summed E-state index contributed by atoms with van der Waals surface area (Å²) in [6.45, 7) is 0.554. The minimum Gasteiger partial charge on any atom is -0.467 e. The van der Waals surface area contributed by atoms with Crippen LogP contribution in [0.15, 0.2) is 18.3 Å². The zero-order valence-corrected chi connectivity index (χ0v) is 11.4. The fourth-order valence-electron chi connectivity index (χ4n) is 2.26. The number of rotatable bonds is 2. The molecule has 0 bridgehead atoms. The van der Waals surface area contributed by atoms with Crippen LogP contribution in [-0.4, -0.2) is 41.5 Å². The standard InChI is InChI=1S/C13H15ClN2O3/c1-19-13(18)10-4-2-3-7-16(10)12(17)9-5-6-15-11(14)8-9/h5-6,8,10H,2-4,7H2,1H3/t10-/m1/s1. The molecule has 1 atom stereocenters. The van der Waals surface area contributed by atoms with Crippen molar-refractivity contribution in [3.63, 3.8) is 0 Å². The first-order valence-corrected chi connectivity index (χ1v) is 6.51. The molecule has 1 fully saturated rings. The number of ether oxygens (including phenoxy) is 1. The Morgan fingerprint density at radius 3 is 2.95 bits per heavy atom. The quantitative estimate of drug-likeness (QED) is 0.614. The maximum Gasteiger partial charge on any atom is 0.328 e. The van der Waals surface area contributed by atoms with Crippen molar-refractivity contribution in [3.05, 3.63) is 29.0 Å². The van der Waals surface area contributed by atoms with E-state index in [1.807, 2.05) is 0 Å². The van der Waals surface area contributed by atoms with Crippen LogP contribution in [0.5, 0.6) is 0 Å². The predicted molar refractivity (Wildman–Crippen MR) is 69.9 cm³/mol. The summed E-state index contributed by atoms with van der Waals surface area (Å²) in [6.07, 6.45) is 3.92. The van der Waals surface area contributed by atoms with Crippen molar-refractivity contribution in [2.75, 3.05) is 13.7 Å². The van der Waals surface area contributed by atoms with Gasteiger partial charge in [0.05, 0.1) is 7.11 Å². The van der Waals surface area contributed by atoms with E-state index < -0.39 is 6.04 Å². The highest BCUT2D eigenvalue weighted by atomic mass is 35.5. The molecule has 0 aromatic carbocycles. The number of pyridine rings is 1. The number of piperidine rings is 1. The molecule has 0 N–H and O–H groups in total. The summed E-state index contributed by atoms with van der Waals surface area (Å²) in [6, 6.07) is 2.60. The Kier molecular flexibility index (Phi) is 4.37. The Morgan fingerprint density at radius 1 is 1.47 bits per heavy atom. The number of hydrogen-bond donors (Lipinski definition) is 0. The first-order chi connectivity index (χ1) is 9.13. The third-order valence-electron chi connectivity index (χ3n) is 3.21. The molecule has 0 aliphatic carbocycles. The molecule has 1 saturated heterocycles. The molecule has 1 aromatic heterocycles. The molecule has 0 spiro atoms. The monoisotopic (exact) mass is 282 g/mol. The van der Waals surface area contributed by atoms with Crippen LogP contribution in [0.1, 0.15) is 29.6 Å². The second-order valence-corrected chi connectivity index (χ2v) is 4.79. The first kappa shape index (κ1) is 13.8. The van der Waals surface area contributed by atoms with Gasteiger partial charge >= 0.3 is 5.97 Å². The lowest BCUT2D eigenvalue weighted by atomic mass is 10.0. The van der Waals surface area contributed by atoms with E-state index in [1.54, 1.807) is 11.0 Å². The molecule has 1 amide bonds. The average molecular weight is 283 g/mol. The second kappa shape index (κ2) is 6.02. The Bertz CT molecular complexity index is 493. The van der Waals surface area contributed by atoms with E-state index in [9.17, 15) is 9.59 Å². The van der Waals surface area contributed by atoms with Crippen LogP contribution in [0.3, 0.4) is 0 Å². The van der Waals surface area contributed by atoms with Gasteiger partial charge in [-0.15, -0.1) is 0 Å². The average Bonchev–Trinajstić information content (AvgIpc) is 2.45. The van der Waals surface area contributed by atoms with Crippen molar-refractivity contribution in [2.45, 2.75) is 25.3 Å². The number of likely N-dealkylation sites (tertiary alicyclic amines) is 1. The van der Waals surface area contributed by atoms with Crippen LogP contribution in [0, 0.1) is 0 Å². The number of carbonyl (C=O) groups excluding carboxylic acids is 2. The molecule has 1 aromatic rings. The Balaban J connectivity index is 2.22. The summed E-state index contributed by atoms with van der Waals surface area (Å²) in [7, 11) is 1.34. The predicted octanol–water partition coefficient (Wildman–Crippen LogP) is 1.90. The van der Waals surface area contributed by atoms with Crippen LogP contribution in [0.2, 0.25) is 5.15 Å². The SMILES string of the molecule is COC(=O)[C@H]1CCCCN1C(=O)c1ccnc(Cl)c1. The third kappa shape index (κ3) is 3.04. The molecule has 6 heteroatoms. The number of methoxy groups -OCH3 is 1. The van der Waals surface area contributed by atoms with Crippen molar-refractivity contribution in [3.8, 4) is 0 Å². The van der Waals surface area contributed by atoms with E-state index in [-0.39, 0.29) is 17.0 Å². The van der Waals surface area contributed by atoms with Gasteiger partial charge in [-0.25, -0.2) is 9.78 Å². The van der Waals surface area contributed by atoms with Gasteiger partial charge in [0.15, 0.2) is 0 Å². The van der Waals surface area contributed by atoms with E-state index in [1.165, 1.54) is 19.4 Å². The molecule has 102 valence electrons. The highest BCUT2D eigenvalue weighted by Crippen LogP contribution is 2.21. The van der Waals surface area contributed by atoms with Crippen LogP contribution in [-0.2, 0) is 9.53 Å². The molecule has 0 saturated carbocycles. The summed E-state index contributed by atoms with van der Waals surface area (Å²) >= 11 is 5.78. The van der Waals surface area contributed by atoms with E-state index >= 15 is 0 Å². The number of aromatic nitrogens is 1. The first-order valence-electron chi connectivity index (χ1n) is 6.14. The normalized spacial score (nSPS) is 19.1. The Morgan fingerprint density at radius 2 is 2.26 bits per heavy atom. The largest absolute Gasteiger partial charge is 0.467 e. The van der Waals surface area contributed by atoms with Crippen molar-refractivity contribution in [2.24, 2.45) is 0 Å². The number of esters is 1. The highest BCUT2D eigenvalue weighted by molar-refractivity contribution is 6.29. The smallest absolute Gasteiger partial charge is 0.328 e. The van der Waals surface area contributed by atoms with Crippen LogP contribution in [0.25, 0.3) is 0 Å². The van der Waals surface area contributed by atoms with Gasteiger partial charge in [0.2, 0.25) is 0 Å². The van der Waals surface area contributed by atoms with E-state index in [0.717, 1.165) is 12.8 Å². The maximum absolute atomic E-state index is 12.4. The van der Waals surface area contributed by atoms with E-state index in [2.05, 4.69) is 4.98 Å². The molecule has 1 aliphatic rings. The van der Waals surface area contributed by atoms with Gasteiger partial charge in [-0.05, 0) is 31.4 Å². The summed E-state index contributed by atoms with van der Waals surface area (Å²) in [5, 5.41) is 0.262. The lowest BCUT2D eigenvalue weighted by molar-refractivity contribution is -0.147. The van der Waals surface area contributed by atoms with Crippen LogP contribution < -0.4 is 0 Å². The van der Waals surface area contributed by atoms with Gasteiger partial charge in [0.25, 0.3) is 5.91 Å². The molecular weight excluding hydrogens is 268 g/mol. The molecule has 2 rings (SSSR count). The lowest BCUT2D eigenvalue weighted by Gasteiger charge is -2.33. The zero-order valence-electron chi connectivity index (χ0n) is 10.6. The second-order valence-electron chi connectivity index (χ2n) is 4.40. The molecule has 2 heterocycles. The van der Waals surface area contributed by atoms with Crippen molar-refractivity contribution in [1.29, 1.82) is 0 Å². The number of nitrogens with zero attached hydrogens (tertiary/aromatic N) is 2. The lowest BCUT2D eigenvalue weighted by Crippen LogP contribution is -2.48. The maximum atomic E-state index is 12.4. The minimum absolute atomic E-state index is 0.209. The summed E-state index contributed by atoms with van der Waals surface area (Å²) < 4.78 is 4.76. The van der Waals surface area contributed by atoms with Crippen LogP contribution >= 0.6 is 11.6 Å². The molecular formula is C13H15ClN2O3.